The number of amidine groups is 1. The zero-order valence-electron chi connectivity index (χ0n) is 9.00. The molecule has 3 heteroatoms. The fourth-order valence-corrected chi connectivity index (χ4v) is 2.35. The fourth-order valence-electron chi connectivity index (χ4n) is 2.35. The summed E-state index contributed by atoms with van der Waals surface area (Å²) < 4.78 is 13.0. The molecule has 80 valence electrons. The van der Waals surface area contributed by atoms with Gasteiger partial charge in [0.2, 0.25) is 0 Å². The maximum absolute atomic E-state index is 13.0. The number of nitrogens with zero attached hydrogens (tertiary/aromatic N) is 1. The van der Waals surface area contributed by atoms with Gasteiger partial charge in [-0.2, -0.15) is 0 Å². The second-order valence-corrected chi connectivity index (χ2v) is 4.09. The highest BCUT2D eigenvalue weighted by atomic mass is 19.1. The van der Waals surface area contributed by atoms with Crippen molar-refractivity contribution in [3.05, 3.63) is 35.1 Å². The van der Waals surface area contributed by atoms with Gasteiger partial charge in [-0.05, 0) is 35.6 Å². The minimum atomic E-state index is -0.173. The van der Waals surface area contributed by atoms with Gasteiger partial charge in [0, 0.05) is 13.0 Å². The highest BCUT2D eigenvalue weighted by Crippen LogP contribution is 2.37. The third-order valence-corrected chi connectivity index (χ3v) is 3.28. The Kier molecular flexibility index (Phi) is 2.47. The Morgan fingerprint density at radius 2 is 2.27 bits per heavy atom. The molecule has 2 atom stereocenters. The van der Waals surface area contributed by atoms with Gasteiger partial charge in [0.15, 0.2) is 0 Å². The highest BCUT2D eigenvalue weighted by molar-refractivity contribution is 5.84. The molecule has 0 aromatic heterocycles. The predicted molar refractivity (Wildman–Crippen MR) is 59.6 cm³/mol. The van der Waals surface area contributed by atoms with E-state index in [2.05, 4.69) is 11.9 Å². The van der Waals surface area contributed by atoms with Crippen molar-refractivity contribution >= 4 is 5.84 Å². The van der Waals surface area contributed by atoms with Crippen LogP contribution in [0.5, 0.6) is 0 Å². The van der Waals surface area contributed by atoms with Crippen LogP contribution in [0.15, 0.2) is 23.2 Å². The van der Waals surface area contributed by atoms with Crippen molar-refractivity contribution < 1.29 is 4.39 Å². The van der Waals surface area contributed by atoms with Gasteiger partial charge in [0.25, 0.3) is 0 Å². The zero-order chi connectivity index (χ0) is 11.0. The molecule has 0 saturated heterocycles. The van der Waals surface area contributed by atoms with Crippen LogP contribution in [0.1, 0.15) is 24.0 Å². The summed E-state index contributed by atoms with van der Waals surface area (Å²) in [5.74, 6) is 1.06. The average Bonchev–Trinajstić information content (AvgIpc) is 2.54. The Hall–Kier alpha value is -1.38. The molecule has 0 bridgehead atoms. The third-order valence-electron chi connectivity index (χ3n) is 3.28. The molecule has 0 spiro atoms. The average molecular weight is 206 g/mol. The summed E-state index contributed by atoms with van der Waals surface area (Å²) in [7, 11) is 1.70. The second kappa shape index (κ2) is 3.65. The smallest absolute Gasteiger partial charge is 0.123 e. The van der Waals surface area contributed by atoms with E-state index in [0.717, 1.165) is 12.0 Å². The molecular weight excluding hydrogens is 191 g/mol. The van der Waals surface area contributed by atoms with Crippen LogP contribution in [0.3, 0.4) is 0 Å². The van der Waals surface area contributed by atoms with Crippen molar-refractivity contribution in [2.75, 3.05) is 7.05 Å². The van der Waals surface area contributed by atoms with Crippen molar-refractivity contribution in [2.24, 2.45) is 16.6 Å². The van der Waals surface area contributed by atoms with Crippen LogP contribution in [0.2, 0.25) is 0 Å². The van der Waals surface area contributed by atoms with E-state index in [1.165, 1.54) is 11.6 Å². The molecule has 0 radical (unpaired) electrons. The first-order chi connectivity index (χ1) is 7.13. The normalized spacial score (nSPS) is 25.4. The highest BCUT2D eigenvalue weighted by Gasteiger charge is 2.31. The first-order valence-electron chi connectivity index (χ1n) is 5.14. The molecule has 0 amide bonds. The minimum Gasteiger partial charge on any atom is -0.387 e. The van der Waals surface area contributed by atoms with Crippen LogP contribution in [-0.4, -0.2) is 12.9 Å². The monoisotopic (exact) mass is 206 g/mol. The first kappa shape index (κ1) is 10.1. The third kappa shape index (κ3) is 1.62. The van der Waals surface area contributed by atoms with Gasteiger partial charge in [-0.25, -0.2) is 4.39 Å². The van der Waals surface area contributed by atoms with Gasteiger partial charge < -0.3 is 5.73 Å². The summed E-state index contributed by atoms with van der Waals surface area (Å²) in [6.45, 7) is 2.12. The molecule has 2 rings (SSSR count). The van der Waals surface area contributed by atoms with E-state index < -0.39 is 0 Å². The molecule has 1 aliphatic rings. The summed E-state index contributed by atoms with van der Waals surface area (Å²) in [5, 5.41) is 0. The molecule has 1 aliphatic carbocycles. The van der Waals surface area contributed by atoms with Gasteiger partial charge in [0.05, 0.1) is 5.84 Å². The molecule has 2 unspecified atom stereocenters. The predicted octanol–water partition coefficient (Wildman–Crippen LogP) is 2.09. The van der Waals surface area contributed by atoms with E-state index in [1.807, 2.05) is 6.07 Å². The Bertz CT molecular complexity index is 412. The van der Waals surface area contributed by atoms with Crippen LogP contribution in [-0.2, 0) is 6.42 Å². The Morgan fingerprint density at radius 1 is 1.53 bits per heavy atom. The molecular formula is C12H15FN2. The number of fused-ring (bicyclic) bond motifs is 1. The van der Waals surface area contributed by atoms with E-state index in [9.17, 15) is 4.39 Å². The molecule has 15 heavy (non-hydrogen) atoms. The van der Waals surface area contributed by atoms with Gasteiger partial charge in [-0.15, -0.1) is 0 Å². The van der Waals surface area contributed by atoms with Gasteiger partial charge in [-0.3, -0.25) is 4.99 Å². The molecule has 2 nitrogen and oxygen atoms in total. The van der Waals surface area contributed by atoms with Crippen molar-refractivity contribution in [3.63, 3.8) is 0 Å². The number of hydrogen-bond donors (Lipinski definition) is 1. The Morgan fingerprint density at radius 3 is 2.93 bits per heavy atom. The molecule has 1 aromatic rings. The lowest BCUT2D eigenvalue weighted by atomic mass is 9.94. The summed E-state index contributed by atoms with van der Waals surface area (Å²) >= 11 is 0. The van der Waals surface area contributed by atoms with Crippen LogP contribution < -0.4 is 5.73 Å². The maximum atomic E-state index is 13.0. The second-order valence-electron chi connectivity index (χ2n) is 4.09. The lowest BCUT2D eigenvalue weighted by Crippen LogP contribution is -2.25. The van der Waals surface area contributed by atoms with Gasteiger partial charge in [-0.1, -0.05) is 13.0 Å². The van der Waals surface area contributed by atoms with Crippen LogP contribution >= 0.6 is 0 Å². The number of benzene rings is 1. The molecule has 2 N–H and O–H groups in total. The number of rotatable bonds is 1. The topological polar surface area (TPSA) is 38.4 Å². The van der Waals surface area contributed by atoms with Gasteiger partial charge in [0.1, 0.15) is 5.82 Å². The fraction of sp³-hybridized carbons (Fsp3) is 0.417. The molecule has 0 heterocycles. The lowest BCUT2D eigenvalue weighted by Gasteiger charge is -2.14. The van der Waals surface area contributed by atoms with Crippen molar-refractivity contribution in [1.29, 1.82) is 0 Å². The first-order valence-corrected chi connectivity index (χ1v) is 5.14. The summed E-state index contributed by atoms with van der Waals surface area (Å²) in [5.41, 5.74) is 8.11. The zero-order valence-corrected chi connectivity index (χ0v) is 9.00. The summed E-state index contributed by atoms with van der Waals surface area (Å²) in [6.07, 6.45) is 0.803. The van der Waals surface area contributed by atoms with E-state index in [0.29, 0.717) is 11.8 Å². The van der Waals surface area contributed by atoms with Gasteiger partial charge >= 0.3 is 0 Å². The summed E-state index contributed by atoms with van der Waals surface area (Å²) in [6, 6.07) is 4.98. The standard InChI is InChI=1S/C12H15FN2/c1-7-10-4-3-9(13)5-8(10)6-11(7)12(14)15-2/h3-5,7,11H,6H2,1-2H3,(H2,14,15). The van der Waals surface area contributed by atoms with Crippen molar-refractivity contribution in [1.82, 2.24) is 0 Å². The van der Waals surface area contributed by atoms with Crippen LogP contribution in [0, 0.1) is 11.7 Å². The van der Waals surface area contributed by atoms with E-state index in [1.54, 1.807) is 13.1 Å². The maximum Gasteiger partial charge on any atom is 0.123 e. The molecule has 0 aliphatic heterocycles. The van der Waals surface area contributed by atoms with Crippen LogP contribution in [0.4, 0.5) is 4.39 Å². The molecule has 0 fully saturated rings. The largest absolute Gasteiger partial charge is 0.387 e. The lowest BCUT2D eigenvalue weighted by molar-refractivity contribution is 0.620. The van der Waals surface area contributed by atoms with Crippen molar-refractivity contribution in [3.8, 4) is 0 Å². The Labute approximate surface area is 89.0 Å². The minimum absolute atomic E-state index is 0.173. The Balaban J connectivity index is 2.37. The summed E-state index contributed by atoms with van der Waals surface area (Å²) in [4.78, 5) is 4.03. The number of nitrogens with two attached hydrogens (primary N) is 1. The van der Waals surface area contributed by atoms with E-state index >= 15 is 0 Å². The van der Waals surface area contributed by atoms with E-state index in [-0.39, 0.29) is 11.7 Å². The SMILES string of the molecule is CN=C(N)C1Cc2cc(F)ccc2C1C. The van der Waals surface area contributed by atoms with Crippen molar-refractivity contribution in [2.45, 2.75) is 19.3 Å². The quantitative estimate of drug-likeness (QED) is 0.554. The van der Waals surface area contributed by atoms with E-state index in [4.69, 9.17) is 5.73 Å². The number of aliphatic imine (C=N–C) groups is 1. The number of hydrogen-bond acceptors (Lipinski definition) is 1. The molecule has 1 aromatic carbocycles. The molecule has 0 saturated carbocycles. The number of halogens is 1. The van der Waals surface area contributed by atoms with Crippen LogP contribution in [0.25, 0.3) is 0 Å².